The number of aromatic nitrogens is 2. The minimum atomic E-state index is 0.445. The number of rotatable bonds is 5. The molecule has 0 aliphatic rings. The van der Waals surface area contributed by atoms with E-state index < -0.39 is 0 Å². The first-order valence-electron chi connectivity index (χ1n) is 8.84. The van der Waals surface area contributed by atoms with Crippen molar-refractivity contribution >= 4 is 44.8 Å². The van der Waals surface area contributed by atoms with E-state index in [2.05, 4.69) is 0 Å². The van der Waals surface area contributed by atoms with Gasteiger partial charge in [0.05, 0.1) is 0 Å². The summed E-state index contributed by atoms with van der Waals surface area (Å²) in [6.45, 7) is 0. The van der Waals surface area contributed by atoms with E-state index in [1.807, 2.05) is 36.4 Å². The van der Waals surface area contributed by atoms with Crippen molar-refractivity contribution in [2.24, 2.45) is 0 Å². The molecule has 0 spiro atoms. The summed E-state index contributed by atoms with van der Waals surface area (Å²) in [5.74, 6) is 0. The van der Waals surface area contributed by atoms with Crippen LogP contribution in [0.4, 0.5) is 0 Å². The fourth-order valence-corrected chi connectivity index (χ4v) is 5.39. The molecule has 8 heteroatoms. The summed E-state index contributed by atoms with van der Waals surface area (Å²) in [7, 11) is 2.41. The maximum absolute atomic E-state index is 12.3. The third kappa shape index (κ3) is 4.52. The molecule has 0 radical (unpaired) electrons. The number of pyridine rings is 2. The van der Waals surface area contributed by atoms with Gasteiger partial charge >= 0.3 is 0 Å². The molecule has 150 valence electrons. The van der Waals surface area contributed by atoms with Gasteiger partial charge in [-0.25, -0.2) is 0 Å². The van der Waals surface area contributed by atoms with Crippen LogP contribution in [0.25, 0.3) is 22.3 Å². The largest absolute Gasteiger partial charge is 0.618 e. The van der Waals surface area contributed by atoms with Crippen molar-refractivity contribution in [3.05, 3.63) is 106 Å². The highest BCUT2D eigenvalue weighted by Gasteiger charge is 2.16. The predicted octanol–water partition coefficient (Wildman–Crippen LogP) is 6.39. The Labute approximate surface area is 191 Å². The van der Waals surface area contributed by atoms with E-state index in [-0.39, 0.29) is 0 Å². The SMILES string of the molecule is [O-][n+]1ccc(-c2ccccc2Cl)cc1SSc1cc(-c2ccccc2Cl)cc[n+]1[O-]. The van der Waals surface area contributed by atoms with Gasteiger partial charge in [0.25, 0.3) is 10.1 Å². The molecular weight excluding hydrogens is 459 g/mol. The van der Waals surface area contributed by atoms with Gasteiger partial charge in [-0.3, -0.25) is 0 Å². The molecule has 0 unspecified atom stereocenters. The van der Waals surface area contributed by atoms with Gasteiger partial charge in [-0.2, -0.15) is 9.46 Å². The highest BCUT2D eigenvalue weighted by atomic mass is 35.5. The first-order valence-corrected chi connectivity index (χ1v) is 11.7. The Balaban J connectivity index is 1.61. The average Bonchev–Trinajstić information content (AvgIpc) is 2.75. The Morgan fingerprint density at radius 3 is 1.40 bits per heavy atom. The zero-order chi connectivity index (χ0) is 21.1. The monoisotopic (exact) mass is 472 g/mol. The third-order valence-electron chi connectivity index (χ3n) is 4.35. The van der Waals surface area contributed by atoms with Crippen LogP contribution in [0, 0.1) is 10.4 Å². The fourth-order valence-electron chi connectivity index (χ4n) is 2.87. The molecule has 2 aromatic heterocycles. The Hall–Kier alpha value is -2.38. The topological polar surface area (TPSA) is 53.9 Å². The summed E-state index contributed by atoms with van der Waals surface area (Å²) < 4.78 is 1.54. The van der Waals surface area contributed by atoms with Crippen LogP contribution in [0.3, 0.4) is 0 Å². The second kappa shape index (κ2) is 9.18. The summed E-state index contributed by atoms with van der Waals surface area (Å²) in [5.41, 5.74) is 3.34. The normalized spacial score (nSPS) is 10.9. The molecule has 0 saturated carbocycles. The first-order chi connectivity index (χ1) is 14.5. The highest BCUT2D eigenvalue weighted by Crippen LogP contribution is 2.38. The molecular formula is C22H14Cl2N2O2S2. The molecule has 0 aliphatic carbocycles. The molecule has 0 aliphatic heterocycles. The van der Waals surface area contributed by atoms with Gasteiger partial charge in [-0.1, -0.05) is 59.6 Å². The van der Waals surface area contributed by atoms with E-state index in [1.54, 1.807) is 36.4 Å². The number of hydrogen-bond donors (Lipinski definition) is 0. The van der Waals surface area contributed by atoms with E-state index in [9.17, 15) is 10.4 Å². The zero-order valence-corrected chi connectivity index (χ0v) is 18.5. The van der Waals surface area contributed by atoms with Crippen LogP contribution in [0.5, 0.6) is 0 Å². The summed E-state index contributed by atoms with van der Waals surface area (Å²) in [5, 5.41) is 26.7. The molecule has 4 rings (SSSR count). The molecule has 0 atom stereocenters. The first kappa shape index (κ1) is 20.9. The number of hydrogen-bond acceptors (Lipinski definition) is 4. The summed E-state index contributed by atoms with van der Waals surface area (Å²) >= 11 is 12.6. The molecule has 2 aromatic carbocycles. The minimum absolute atomic E-state index is 0.445. The van der Waals surface area contributed by atoms with Crippen LogP contribution in [-0.2, 0) is 0 Å². The van der Waals surface area contributed by atoms with Crippen LogP contribution in [0.1, 0.15) is 0 Å². The van der Waals surface area contributed by atoms with E-state index in [4.69, 9.17) is 23.2 Å². The van der Waals surface area contributed by atoms with Crippen LogP contribution in [-0.4, -0.2) is 0 Å². The molecule has 0 bridgehead atoms. The van der Waals surface area contributed by atoms with Crippen molar-refractivity contribution in [1.29, 1.82) is 0 Å². The zero-order valence-electron chi connectivity index (χ0n) is 15.4. The fraction of sp³-hybridized carbons (Fsp3) is 0. The maximum Gasteiger partial charge on any atom is 0.263 e. The van der Waals surface area contributed by atoms with Crippen molar-refractivity contribution in [3.63, 3.8) is 0 Å². The molecule has 2 heterocycles. The Kier molecular flexibility index (Phi) is 6.39. The molecule has 4 nitrogen and oxygen atoms in total. The minimum Gasteiger partial charge on any atom is -0.618 e. The summed E-state index contributed by atoms with van der Waals surface area (Å²) in [4.78, 5) is 0. The van der Waals surface area contributed by atoms with Gasteiger partial charge in [0, 0.05) is 67.0 Å². The highest BCUT2D eigenvalue weighted by molar-refractivity contribution is 8.76. The van der Waals surface area contributed by atoms with Crippen molar-refractivity contribution in [2.75, 3.05) is 0 Å². The summed E-state index contributed by atoms with van der Waals surface area (Å²) in [6.07, 6.45) is 2.87. The lowest BCUT2D eigenvalue weighted by atomic mass is 10.1. The van der Waals surface area contributed by atoms with Gasteiger partial charge < -0.3 is 10.4 Å². The van der Waals surface area contributed by atoms with Gasteiger partial charge in [-0.15, -0.1) is 0 Å². The van der Waals surface area contributed by atoms with E-state index in [1.165, 1.54) is 34.0 Å². The predicted molar refractivity (Wildman–Crippen MR) is 123 cm³/mol. The molecule has 0 N–H and O–H groups in total. The third-order valence-corrected chi connectivity index (χ3v) is 7.31. The standard InChI is InChI=1S/C22H14Cl2N2O2S2/c23-19-7-3-1-5-17(19)15-9-11-25(27)21(13-15)29-30-22-14-16(10-12-26(22)28)18-6-2-4-8-20(18)24/h1-14H. The Morgan fingerprint density at radius 1 is 0.600 bits per heavy atom. The van der Waals surface area contributed by atoms with Gasteiger partial charge in [0.1, 0.15) is 0 Å². The van der Waals surface area contributed by atoms with Crippen LogP contribution >= 0.6 is 44.8 Å². The van der Waals surface area contributed by atoms with Crippen molar-refractivity contribution in [2.45, 2.75) is 10.1 Å². The molecule has 0 amide bonds. The Morgan fingerprint density at radius 2 is 1.00 bits per heavy atom. The van der Waals surface area contributed by atoms with Crippen LogP contribution in [0.2, 0.25) is 10.0 Å². The van der Waals surface area contributed by atoms with Gasteiger partial charge in [-0.05, 0) is 23.3 Å². The van der Waals surface area contributed by atoms with Crippen molar-refractivity contribution in [1.82, 2.24) is 0 Å². The molecule has 0 saturated heterocycles. The second-order valence-electron chi connectivity index (χ2n) is 6.29. The smallest absolute Gasteiger partial charge is 0.263 e. The molecule has 0 fully saturated rings. The van der Waals surface area contributed by atoms with E-state index in [0.29, 0.717) is 20.1 Å². The van der Waals surface area contributed by atoms with Gasteiger partial charge in [0.2, 0.25) is 0 Å². The summed E-state index contributed by atoms with van der Waals surface area (Å²) in [6, 6.07) is 21.8. The van der Waals surface area contributed by atoms with Crippen LogP contribution in [0.15, 0.2) is 95.2 Å². The number of nitrogens with zero attached hydrogens (tertiary/aromatic N) is 2. The Bertz CT molecular complexity index is 1130. The maximum atomic E-state index is 12.3. The molecule has 4 aromatic rings. The van der Waals surface area contributed by atoms with Gasteiger partial charge in [0.15, 0.2) is 12.4 Å². The lowest BCUT2D eigenvalue weighted by molar-refractivity contribution is -0.646. The quantitative estimate of drug-likeness (QED) is 0.191. The van der Waals surface area contributed by atoms with Crippen molar-refractivity contribution < 1.29 is 9.46 Å². The molecule has 30 heavy (non-hydrogen) atoms. The lowest BCUT2D eigenvalue weighted by Crippen LogP contribution is -2.29. The second-order valence-corrected chi connectivity index (χ2v) is 9.27. The van der Waals surface area contributed by atoms with Crippen molar-refractivity contribution in [3.8, 4) is 22.3 Å². The van der Waals surface area contributed by atoms with E-state index in [0.717, 1.165) is 31.7 Å². The number of halogens is 2. The van der Waals surface area contributed by atoms with Crippen LogP contribution < -0.4 is 9.46 Å². The van der Waals surface area contributed by atoms with E-state index >= 15 is 0 Å². The average molecular weight is 473 g/mol. The number of benzene rings is 2. The lowest BCUT2D eigenvalue weighted by Gasteiger charge is -2.09.